The summed E-state index contributed by atoms with van der Waals surface area (Å²) in [6.07, 6.45) is 0.330. The molecule has 1 aromatic rings. The van der Waals surface area contributed by atoms with Crippen LogP contribution in [0.5, 0.6) is 0 Å². The van der Waals surface area contributed by atoms with Crippen molar-refractivity contribution in [3.8, 4) is 0 Å². The Morgan fingerprint density at radius 3 is 2.71 bits per heavy atom. The fourth-order valence-corrected chi connectivity index (χ4v) is 2.30. The molecule has 2 heterocycles. The summed E-state index contributed by atoms with van der Waals surface area (Å²) in [7, 11) is 0. The summed E-state index contributed by atoms with van der Waals surface area (Å²) in [6, 6.07) is 2.51. The van der Waals surface area contributed by atoms with Crippen molar-refractivity contribution in [1.82, 2.24) is 15.4 Å². The molecule has 5 nitrogen and oxygen atoms in total. The molecule has 0 radical (unpaired) electrons. The number of nitrogens with one attached hydrogen (secondary N) is 1. The SMILES string of the molecule is Cc1cc(CC(=O)N2C[C@@H](C)N[C@@H](C)C2)no1. The van der Waals surface area contributed by atoms with E-state index >= 15 is 0 Å². The third kappa shape index (κ3) is 3.06. The molecule has 0 aliphatic carbocycles. The lowest BCUT2D eigenvalue weighted by Crippen LogP contribution is -2.56. The number of amides is 1. The van der Waals surface area contributed by atoms with E-state index in [1.54, 1.807) is 0 Å². The fourth-order valence-electron chi connectivity index (χ4n) is 2.30. The number of hydrogen-bond acceptors (Lipinski definition) is 4. The van der Waals surface area contributed by atoms with E-state index in [-0.39, 0.29) is 5.91 Å². The Bertz CT molecular complexity index is 392. The van der Waals surface area contributed by atoms with Gasteiger partial charge in [-0.05, 0) is 20.8 Å². The Balaban J connectivity index is 1.95. The molecule has 5 heteroatoms. The van der Waals surface area contributed by atoms with Gasteiger partial charge in [0.25, 0.3) is 0 Å². The maximum Gasteiger partial charge on any atom is 0.228 e. The van der Waals surface area contributed by atoms with Gasteiger partial charge in [-0.1, -0.05) is 5.16 Å². The van der Waals surface area contributed by atoms with Crippen molar-refractivity contribution >= 4 is 5.91 Å². The number of nitrogens with zero attached hydrogens (tertiary/aromatic N) is 2. The zero-order chi connectivity index (χ0) is 12.4. The van der Waals surface area contributed by atoms with Crippen molar-refractivity contribution in [2.24, 2.45) is 0 Å². The minimum Gasteiger partial charge on any atom is -0.361 e. The van der Waals surface area contributed by atoms with Gasteiger partial charge in [0.15, 0.2) is 0 Å². The van der Waals surface area contributed by atoms with Crippen molar-refractivity contribution < 1.29 is 9.32 Å². The number of rotatable bonds is 2. The Kier molecular flexibility index (Phi) is 3.47. The summed E-state index contributed by atoms with van der Waals surface area (Å²) in [5.41, 5.74) is 0.714. The zero-order valence-electron chi connectivity index (χ0n) is 10.6. The van der Waals surface area contributed by atoms with Crippen LogP contribution in [0.1, 0.15) is 25.3 Å². The highest BCUT2D eigenvalue weighted by atomic mass is 16.5. The molecule has 17 heavy (non-hydrogen) atoms. The molecule has 0 spiro atoms. The van der Waals surface area contributed by atoms with Crippen LogP contribution in [0.25, 0.3) is 0 Å². The van der Waals surface area contributed by atoms with Crippen LogP contribution in [-0.4, -0.2) is 41.1 Å². The van der Waals surface area contributed by atoms with Gasteiger partial charge >= 0.3 is 0 Å². The van der Waals surface area contributed by atoms with Gasteiger partial charge in [0.1, 0.15) is 5.76 Å². The maximum atomic E-state index is 12.1. The standard InChI is InChI=1S/C12H19N3O2/c1-8-6-15(7-9(2)13-8)12(16)5-11-4-10(3)17-14-11/h4,8-9,13H,5-7H2,1-3H3/t8-,9+. The number of aryl methyl sites for hydroxylation is 1. The first-order valence-electron chi connectivity index (χ1n) is 6.00. The van der Waals surface area contributed by atoms with E-state index in [0.717, 1.165) is 18.8 Å². The van der Waals surface area contributed by atoms with Crippen LogP contribution >= 0.6 is 0 Å². The van der Waals surface area contributed by atoms with Crippen LogP contribution < -0.4 is 5.32 Å². The smallest absolute Gasteiger partial charge is 0.228 e. The average molecular weight is 237 g/mol. The molecule has 0 unspecified atom stereocenters. The van der Waals surface area contributed by atoms with Crippen LogP contribution in [-0.2, 0) is 11.2 Å². The molecular weight excluding hydrogens is 218 g/mol. The second-order valence-corrected chi connectivity index (χ2v) is 4.87. The van der Waals surface area contributed by atoms with E-state index in [1.807, 2.05) is 17.9 Å². The number of aromatic nitrogens is 1. The first-order valence-corrected chi connectivity index (χ1v) is 6.00. The van der Waals surface area contributed by atoms with E-state index < -0.39 is 0 Å². The first-order chi connectivity index (χ1) is 8.04. The van der Waals surface area contributed by atoms with Crippen LogP contribution in [0.3, 0.4) is 0 Å². The van der Waals surface area contributed by atoms with E-state index in [9.17, 15) is 4.79 Å². The van der Waals surface area contributed by atoms with Gasteiger partial charge in [0, 0.05) is 31.2 Å². The lowest BCUT2D eigenvalue weighted by atomic mass is 10.1. The monoisotopic (exact) mass is 237 g/mol. The Hall–Kier alpha value is -1.36. The highest BCUT2D eigenvalue weighted by Crippen LogP contribution is 2.08. The zero-order valence-corrected chi connectivity index (χ0v) is 10.6. The Morgan fingerprint density at radius 2 is 2.18 bits per heavy atom. The van der Waals surface area contributed by atoms with Crippen LogP contribution in [0.4, 0.5) is 0 Å². The molecule has 0 saturated carbocycles. The summed E-state index contributed by atoms with van der Waals surface area (Å²) in [4.78, 5) is 14.0. The lowest BCUT2D eigenvalue weighted by molar-refractivity contribution is -0.132. The van der Waals surface area contributed by atoms with E-state index in [2.05, 4.69) is 24.3 Å². The highest BCUT2D eigenvalue weighted by molar-refractivity contribution is 5.78. The molecule has 1 N–H and O–H groups in total. The molecule has 2 rings (SSSR count). The van der Waals surface area contributed by atoms with Crippen molar-refractivity contribution in [3.63, 3.8) is 0 Å². The van der Waals surface area contributed by atoms with E-state index in [4.69, 9.17) is 4.52 Å². The number of hydrogen-bond donors (Lipinski definition) is 1. The number of piperazine rings is 1. The first kappa shape index (κ1) is 12.1. The summed E-state index contributed by atoms with van der Waals surface area (Å²) in [5, 5.41) is 7.25. The molecule has 1 amide bonds. The number of carbonyl (C=O) groups is 1. The highest BCUT2D eigenvalue weighted by Gasteiger charge is 2.25. The molecule has 1 fully saturated rings. The van der Waals surface area contributed by atoms with Gasteiger partial charge in [-0.25, -0.2) is 0 Å². The molecule has 0 bridgehead atoms. The molecule has 2 atom stereocenters. The summed E-state index contributed by atoms with van der Waals surface area (Å²) >= 11 is 0. The van der Waals surface area contributed by atoms with E-state index in [0.29, 0.717) is 24.2 Å². The molecular formula is C12H19N3O2. The van der Waals surface area contributed by atoms with Crippen molar-refractivity contribution in [2.45, 2.75) is 39.3 Å². The second kappa shape index (κ2) is 4.87. The summed E-state index contributed by atoms with van der Waals surface area (Å²) < 4.78 is 4.96. The molecule has 1 aliphatic heterocycles. The van der Waals surface area contributed by atoms with Gasteiger partial charge in [0.05, 0.1) is 12.1 Å². The summed E-state index contributed by atoms with van der Waals surface area (Å²) in [5.74, 6) is 0.869. The minimum absolute atomic E-state index is 0.124. The van der Waals surface area contributed by atoms with Crippen molar-refractivity contribution in [3.05, 3.63) is 17.5 Å². The van der Waals surface area contributed by atoms with Gasteiger partial charge in [-0.15, -0.1) is 0 Å². The number of carbonyl (C=O) groups excluding carboxylic acids is 1. The Morgan fingerprint density at radius 1 is 1.53 bits per heavy atom. The molecule has 1 aliphatic rings. The quantitative estimate of drug-likeness (QED) is 0.824. The molecule has 0 aromatic carbocycles. The lowest BCUT2D eigenvalue weighted by Gasteiger charge is -2.36. The van der Waals surface area contributed by atoms with E-state index in [1.165, 1.54) is 0 Å². The third-order valence-electron chi connectivity index (χ3n) is 2.92. The predicted octanol–water partition coefficient (Wildman–Crippen LogP) is 0.734. The van der Waals surface area contributed by atoms with Gasteiger partial charge in [0.2, 0.25) is 5.91 Å². The van der Waals surface area contributed by atoms with Crippen LogP contribution in [0.15, 0.2) is 10.6 Å². The molecule has 1 aromatic heterocycles. The largest absolute Gasteiger partial charge is 0.361 e. The van der Waals surface area contributed by atoms with Crippen LogP contribution in [0, 0.1) is 6.92 Å². The van der Waals surface area contributed by atoms with Gasteiger partial charge in [-0.2, -0.15) is 0 Å². The summed E-state index contributed by atoms with van der Waals surface area (Å²) in [6.45, 7) is 7.54. The molecule has 1 saturated heterocycles. The van der Waals surface area contributed by atoms with Crippen molar-refractivity contribution in [2.75, 3.05) is 13.1 Å². The van der Waals surface area contributed by atoms with Gasteiger partial charge < -0.3 is 14.7 Å². The van der Waals surface area contributed by atoms with Crippen LogP contribution in [0.2, 0.25) is 0 Å². The molecule has 94 valence electrons. The predicted molar refractivity (Wildman–Crippen MR) is 63.6 cm³/mol. The normalized spacial score (nSPS) is 25.0. The average Bonchev–Trinajstić information content (AvgIpc) is 2.62. The topological polar surface area (TPSA) is 58.4 Å². The second-order valence-electron chi connectivity index (χ2n) is 4.87. The van der Waals surface area contributed by atoms with Crippen molar-refractivity contribution in [1.29, 1.82) is 0 Å². The minimum atomic E-state index is 0.124. The Labute approximate surface area is 101 Å². The van der Waals surface area contributed by atoms with Gasteiger partial charge in [-0.3, -0.25) is 4.79 Å². The maximum absolute atomic E-state index is 12.1. The third-order valence-corrected chi connectivity index (χ3v) is 2.92. The fraction of sp³-hybridized carbons (Fsp3) is 0.667.